The summed E-state index contributed by atoms with van der Waals surface area (Å²) >= 11 is 2.22. The Balaban J connectivity index is 1.43. The largest absolute Gasteiger partial charge is 0.445 e. The first-order chi connectivity index (χ1) is 20.0. The van der Waals surface area contributed by atoms with E-state index in [9.17, 15) is 14.4 Å². The van der Waals surface area contributed by atoms with Gasteiger partial charge in [0.15, 0.2) is 0 Å². The number of nitrogens with one attached hydrogen (secondary N) is 3. The number of aromatic nitrogens is 2. The van der Waals surface area contributed by atoms with Crippen molar-refractivity contribution in [2.75, 3.05) is 19.6 Å². The Morgan fingerprint density at radius 1 is 0.878 bits per heavy atom. The van der Waals surface area contributed by atoms with Crippen LogP contribution in [0.15, 0.2) is 97.5 Å². The Kier molecular flexibility index (Phi) is 11.3. The fourth-order valence-corrected chi connectivity index (χ4v) is 4.57. The Morgan fingerprint density at radius 3 is 2.22 bits per heavy atom. The van der Waals surface area contributed by atoms with Gasteiger partial charge in [0, 0.05) is 35.1 Å². The lowest BCUT2D eigenvalue weighted by atomic mass is 10.0. The molecule has 0 bridgehead atoms. The number of amides is 3. The summed E-state index contributed by atoms with van der Waals surface area (Å²) in [5.74, 6) is -1.39. The van der Waals surface area contributed by atoms with Crippen molar-refractivity contribution in [2.45, 2.75) is 25.5 Å². The first-order valence-electron chi connectivity index (χ1n) is 13.2. The van der Waals surface area contributed by atoms with Gasteiger partial charge in [-0.25, -0.2) is 9.78 Å². The van der Waals surface area contributed by atoms with E-state index in [0.717, 1.165) is 20.3 Å². The zero-order chi connectivity index (χ0) is 28.9. The molecule has 1 aromatic heterocycles. The number of benzene rings is 3. The second kappa shape index (κ2) is 15.6. The number of hydrogen-bond donors (Lipinski definition) is 3. The predicted molar refractivity (Wildman–Crippen MR) is 164 cm³/mol. The summed E-state index contributed by atoms with van der Waals surface area (Å²) < 4.78 is 6.39. The monoisotopic (exact) mass is 665 g/mol. The van der Waals surface area contributed by atoms with Crippen LogP contribution in [-0.4, -0.2) is 52.4 Å². The van der Waals surface area contributed by atoms with E-state index in [1.165, 1.54) is 11.2 Å². The van der Waals surface area contributed by atoms with E-state index in [4.69, 9.17) is 4.74 Å². The molecule has 1 atom stereocenters. The van der Waals surface area contributed by atoms with Crippen LogP contribution in [-0.2, 0) is 33.9 Å². The molecule has 1 heterocycles. The minimum atomic E-state index is -0.803. The second-order valence-electron chi connectivity index (χ2n) is 9.41. The van der Waals surface area contributed by atoms with Crippen molar-refractivity contribution in [3.63, 3.8) is 0 Å². The number of H-pyrrole nitrogens is 1. The lowest BCUT2D eigenvalue weighted by Crippen LogP contribution is -2.45. The van der Waals surface area contributed by atoms with Crippen LogP contribution in [0.4, 0.5) is 4.79 Å². The van der Waals surface area contributed by atoms with Crippen molar-refractivity contribution in [2.24, 2.45) is 0 Å². The molecular formula is C31H32IN5O4. The molecular weight excluding hydrogens is 633 g/mol. The summed E-state index contributed by atoms with van der Waals surface area (Å²) in [5.41, 5.74) is 3.37. The standard InChI is InChI=1S/C31H32IN5O4/c32-26-13-11-24(12-14-26)19-37(20-29(38)34-16-15-23-7-3-1-4-8-23)30(39)27(28-18-33-22-36-28)17-35-31(40)41-21-25-9-5-2-6-10-25/h1-14,18,22,27H,15-17,19-21H2,(H,33,36)(H,34,38)(H,35,40)/t27-/m0/s1. The van der Waals surface area contributed by atoms with Crippen molar-refractivity contribution < 1.29 is 19.1 Å². The molecule has 0 saturated heterocycles. The Bertz CT molecular complexity index is 1380. The topological polar surface area (TPSA) is 116 Å². The Hall–Kier alpha value is -4.19. The molecule has 3 N–H and O–H groups in total. The molecule has 4 aromatic rings. The maximum absolute atomic E-state index is 13.9. The SMILES string of the molecule is O=C(CN(Cc1ccc(I)cc1)C(=O)[C@@H](CNC(=O)OCc1ccccc1)c1cnc[nH]1)NCCc1ccccc1. The van der Waals surface area contributed by atoms with E-state index in [2.05, 4.69) is 43.2 Å². The number of aromatic amines is 1. The molecule has 0 radical (unpaired) electrons. The van der Waals surface area contributed by atoms with Crippen LogP contribution in [0.5, 0.6) is 0 Å². The molecule has 4 rings (SSSR count). The molecule has 3 aromatic carbocycles. The third-order valence-corrected chi connectivity index (χ3v) is 7.09. The van der Waals surface area contributed by atoms with Gasteiger partial charge >= 0.3 is 6.09 Å². The maximum Gasteiger partial charge on any atom is 0.407 e. The van der Waals surface area contributed by atoms with Crippen molar-refractivity contribution in [3.8, 4) is 0 Å². The van der Waals surface area contributed by atoms with Gasteiger partial charge in [0.1, 0.15) is 6.61 Å². The van der Waals surface area contributed by atoms with Crippen LogP contribution in [0.1, 0.15) is 28.3 Å². The molecule has 0 aliphatic heterocycles. The molecule has 0 unspecified atom stereocenters. The molecule has 3 amide bonds. The van der Waals surface area contributed by atoms with Crippen LogP contribution in [0.2, 0.25) is 0 Å². The van der Waals surface area contributed by atoms with E-state index in [1.807, 2.05) is 84.9 Å². The van der Waals surface area contributed by atoms with E-state index in [1.54, 1.807) is 6.20 Å². The highest BCUT2D eigenvalue weighted by atomic mass is 127. The third kappa shape index (κ3) is 9.75. The van der Waals surface area contributed by atoms with Gasteiger partial charge in [-0.15, -0.1) is 0 Å². The van der Waals surface area contributed by atoms with E-state index < -0.39 is 12.0 Å². The van der Waals surface area contributed by atoms with Crippen molar-refractivity contribution in [1.82, 2.24) is 25.5 Å². The number of ether oxygens (including phenoxy) is 1. The first kappa shape index (κ1) is 29.8. The molecule has 41 heavy (non-hydrogen) atoms. The molecule has 9 nitrogen and oxygen atoms in total. The summed E-state index contributed by atoms with van der Waals surface area (Å²) in [6.07, 6.45) is 3.06. The quantitative estimate of drug-likeness (QED) is 0.183. The molecule has 0 aliphatic rings. The average molecular weight is 666 g/mol. The van der Waals surface area contributed by atoms with Gasteiger partial charge in [0.05, 0.1) is 18.8 Å². The van der Waals surface area contributed by atoms with Gasteiger partial charge in [-0.1, -0.05) is 72.8 Å². The number of rotatable bonds is 13. The summed E-state index contributed by atoms with van der Waals surface area (Å²) in [7, 11) is 0. The lowest BCUT2D eigenvalue weighted by molar-refractivity contribution is -0.137. The van der Waals surface area contributed by atoms with E-state index >= 15 is 0 Å². The molecule has 0 aliphatic carbocycles. The van der Waals surface area contributed by atoms with Gasteiger partial charge in [-0.3, -0.25) is 9.59 Å². The number of halogens is 1. The van der Waals surface area contributed by atoms with Gasteiger partial charge in [0.2, 0.25) is 11.8 Å². The highest BCUT2D eigenvalue weighted by Gasteiger charge is 2.29. The third-order valence-electron chi connectivity index (χ3n) is 6.37. The van der Waals surface area contributed by atoms with Gasteiger partial charge in [0.25, 0.3) is 0 Å². The molecule has 0 spiro atoms. The van der Waals surface area contributed by atoms with Crippen LogP contribution in [0, 0.1) is 3.57 Å². The number of alkyl carbamates (subject to hydrolysis) is 1. The number of nitrogens with zero attached hydrogens (tertiary/aromatic N) is 2. The highest BCUT2D eigenvalue weighted by Crippen LogP contribution is 2.18. The van der Waals surface area contributed by atoms with E-state index in [-0.39, 0.29) is 38.1 Å². The highest BCUT2D eigenvalue weighted by molar-refractivity contribution is 14.1. The van der Waals surface area contributed by atoms with Crippen molar-refractivity contribution in [3.05, 3.63) is 123 Å². The fraction of sp³-hybridized carbons (Fsp3) is 0.226. The maximum atomic E-state index is 13.9. The summed E-state index contributed by atoms with van der Waals surface area (Å²) in [6, 6.07) is 27.0. The van der Waals surface area contributed by atoms with Gasteiger partial charge < -0.3 is 25.3 Å². The Labute approximate surface area is 252 Å². The predicted octanol–water partition coefficient (Wildman–Crippen LogP) is 4.41. The normalized spacial score (nSPS) is 11.3. The smallest absolute Gasteiger partial charge is 0.407 e. The summed E-state index contributed by atoms with van der Waals surface area (Å²) in [5, 5.41) is 5.62. The zero-order valence-electron chi connectivity index (χ0n) is 22.5. The average Bonchev–Trinajstić information content (AvgIpc) is 3.53. The zero-order valence-corrected chi connectivity index (χ0v) is 24.6. The molecule has 0 saturated carbocycles. The fourth-order valence-electron chi connectivity index (χ4n) is 4.21. The second-order valence-corrected chi connectivity index (χ2v) is 10.7. The number of imidazole rings is 1. The minimum Gasteiger partial charge on any atom is -0.445 e. The number of carbonyl (C=O) groups excluding carboxylic acids is 3. The van der Waals surface area contributed by atoms with Crippen LogP contribution in [0.25, 0.3) is 0 Å². The van der Waals surface area contributed by atoms with Crippen LogP contribution < -0.4 is 10.6 Å². The van der Waals surface area contributed by atoms with E-state index in [0.29, 0.717) is 18.7 Å². The van der Waals surface area contributed by atoms with Crippen molar-refractivity contribution in [1.29, 1.82) is 0 Å². The van der Waals surface area contributed by atoms with Crippen LogP contribution >= 0.6 is 22.6 Å². The summed E-state index contributed by atoms with van der Waals surface area (Å²) in [6.45, 7) is 0.617. The molecule has 0 fully saturated rings. The number of hydrogen-bond acceptors (Lipinski definition) is 5. The minimum absolute atomic E-state index is 0.0343. The first-order valence-corrected chi connectivity index (χ1v) is 14.3. The molecule has 212 valence electrons. The number of carbonyl (C=O) groups is 3. The van der Waals surface area contributed by atoms with Crippen LogP contribution in [0.3, 0.4) is 0 Å². The lowest BCUT2D eigenvalue weighted by Gasteiger charge is -2.27. The molecule has 10 heteroatoms. The summed E-state index contributed by atoms with van der Waals surface area (Å²) in [4.78, 5) is 47.9. The Morgan fingerprint density at radius 2 is 1.56 bits per heavy atom. The van der Waals surface area contributed by atoms with Gasteiger partial charge in [-0.05, 0) is 57.8 Å². The van der Waals surface area contributed by atoms with Crippen molar-refractivity contribution >= 4 is 40.5 Å². The van der Waals surface area contributed by atoms with Gasteiger partial charge in [-0.2, -0.15) is 0 Å².